The van der Waals surface area contributed by atoms with Crippen LogP contribution in [0.4, 0.5) is 0 Å². The van der Waals surface area contributed by atoms with Crippen molar-refractivity contribution in [1.29, 1.82) is 0 Å². The molecule has 1 saturated heterocycles. The lowest BCUT2D eigenvalue weighted by Crippen LogP contribution is -2.30. The molecule has 32 heavy (non-hydrogen) atoms. The van der Waals surface area contributed by atoms with Crippen LogP contribution in [0.3, 0.4) is 0 Å². The molecule has 1 aliphatic rings. The largest absolute Gasteiger partial charge is 0.497 e. The Morgan fingerprint density at radius 1 is 1.06 bits per heavy atom. The van der Waals surface area contributed by atoms with Gasteiger partial charge >= 0.3 is 0 Å². The van der Waals surface area contributed by atoms with E-state index in [2.05, 4.69) is 38.6 Å². The van der Waals surface area contributed by atoms with Crippen molar-refractivity contribution in [2.75, 3.05) is 20.2 Å². The number of amides is 1. The number of nitrogens with zero attached hydrogens (tertiary/aromatic N) is 3. The van der Waals surface area contributed by atoms with E-state index in [1.54, 1.807) is 7.11 Å². The minimum absolute atomic E-state index is 0.0260. The van der Waals surface area contributed by atoms with Crippen LogP contribution in [0.5, 0.6) is 5.75 Å². The Labute approximate surface area is 188 Å². The highest BCUT2D eigenvalue weighted by atomic mass is 16.5. The highest BCUT2D eigenvalue weighted by molar-refractivity contribution is 5.76. The predicted octanol–water partition coefficient (Wildman–Crippen LogP) is 3.98. The fourth-order valence-corrected chi connectivity index (χ4v) is 3.96. The molecular formula is C25H30N4O3. The van der Waals surface area contributed by atoms with Crippen LogP contribution in [0.15, 0.2) is 53.1 Å². The lowest BCUT2D eigenvalue weighted by Gasteiger charge is -2.27. The van der Waals surface area contributed by atoms with Gasteiger partial charge in [0.05, 0.1) is 7.11 Å². The standard InChI is InChI=1S/C25H30N4O3/c1-31-22-11-9-19(10-12-22)25-27-24(32-28-25)14-13-23(30)26-17-20-7-3-4-8-21(20)18-29-15-5-2-6-16-29/h3-4,7-12H,2,5-6,13-18H2,1H3,(H,26,30). The van der Waals surface area contributed by atoms with Crippen molar-refractivity contribution in [3.8, 4) is 17.1 Å². The van der Waals surface area contributed by atoms with Gasteiger partial charge in [0.1, 0.15) is 5.75 Å². The topological polar surface area (TPSA) is 80.5 Å². The average molecular weight is 435 g/mol. The van der Waals surface area contributed by atoms with Crippen LogP contribution in [0.25, 0.3) is 11.4 Å². The van der Waals surface area contributed by atoms with Crippen LogP contribution in [0, 0.1) is 0 Å². The van der Waals surface area contributed by atoms with Crippen molar-refractivity contribution < 1.29 is 14.1 Å². The minimum Gasteiger partial charge on any atom is -0.497 e. The first kappa shape index (κ1) is 22.0. The van der Waals surface area contributed by atoms with Crippen molar-refractivity contribution in [2.24, 2.45) is 0 Å². The van der Waals surface area contributed by atoms with Crippen molar-refractivity contribution in [1.82, 2.24) is 20.4 Å². The molecule has 0 spiro atoms. The number of rotatable bonds is 9. The second-order valence-corrected chi connectivity index (χ2v) is 8.12. The van der Waals surface area contributed by atoms with E-state index >= 15 is 0 Å². The van der Waals surface area contributed by atoms with Crippen molar-refractivity contribution >= 4 is 5.91 Å². The molecule has 4 rings (SSSR count). The molecule has 2 aromatic carbocycles. The van der Waals surface area contributed by atoms with Crippen LogP contribution in [-0.2, 0) is 24.3 Å². The van der Waals surface area contributed by atoms with Gasteiger partial charge in [-0.25, -0.2) is 0 Å². The number of ether oxygens (including phenoxy) is 1. The van der Waals surface area contributed by atoms with E-state index in [1.165, 1.54) is 30.4 Å². The fourth-order valence-electron chi connectivity index (χ4n) is 3.96. The Hall–Kier alpha value is -3.19. The number of aromatic nitrogens is 2. The van der Waals surface area contributed by atoms with E-state index in [0.29, 0.717) is 31.1 Å². The molecule has 2 heterocycles. The molecule has 3 aromatic rings. The zero-order valence-electron chi connectivity index (χ0n) is 18.5. The fraction of sp³-hybridized carbons (Fsp3) is 0.400. The average Bonchev–Trinajstić information content (AvgIpc) is 3.32. The highest BCUT2D eigenvalue weighted by Crippen LogP contribution is 2.20. The van der Waals surface area contributed by atoms with Gasteiger partial charge in [0.2, 0.25) is 17.6 Å². The molecule has 0 bridgehead atoms. The number of piperidine rings is 1. The van der Waals surface area contributed by atoms with Crippen molar-refractivity contribution in [3.05, 3.63) is 65.5 Å². The molecule has 0 unspecified atom stereocenters. The number of hydrogen-bond donors (Lipinski definition) is 1. The van der Waals surface area contributed by atoms with Crippen LogP contribution in [-0.4, -0.2) is 41.1 Å². The van der Waals surface area contributed by atoms with E-state index in [1.807, 2.05) is 30.3 Å². The first-order valence-corrected chi connectivity index (χ1v) is 11.2. The van der Waals surface area contributed by atoms with Crippen molar-refractivity contribution in [3.63, 3.8) is 0 Å². The van der Waals surface area contributed by atoms with E-state index in [-0.39, 0.29) is 5.91 Å². The second kappa shape index (κ2) is 10.9. The summed E-state index contributed by atoms with van der Waals surface area (Å²) >= 11 is 0. The summed E-state index contributed by atoms with van der Waals surface area (Å²) in [5.74, 6) is 1.71. The highest BCUT2D eigenvalue weighted by Gasteiger charge is 2.14. The normalized spacial score (nSPS) is 14.3. The molecule has 168 valence electrons. The first-order valence-electron chi connectivity index (χ1n) is 11.2. The maximum absolute atomic E-state index is 12.4. The van der Waals surface area contributed by atoms with Crippen LogP contribution >= 0.6 is 0 Å². The van der Waals surface area contributed by atoms with E-state index in [9.17, 15) is 4.79 Å². The number of nitrogens with one attached hydrogen (secondary N) is 1. The number of likely N-dealkylation sites (tertiary alicyclic amines) is 1. The Balaban J connectivity index is 1.26. The van der Waals surface area contributed by atoms with Gasteiger partial charge in [-0.2, -0.15) is 4.98 Å². The zero-order chi connectivity index (χ0) is 22.2. The number of carbonyl (C=O) groups excluding carboxylic acids is 1. The van der Waals surface area contributed by atoms with E-state index in [4.69, 9.17) is 9.26 Å². The van der Waals surface area contributed by atoms with Gasteiger partial charge in [0.25, 0.3) is 0 Å². The third-order valence-corrected chi connectivity index (χ3v) is 5.82. The van der Waals surface area contributed by atoms with Gasteiger partial charge in [-0.3, -0.25) is 9.69 Å². The SMILES string of the molecule is COc1ccc(-c2noc(CCC(=O)NCc3ccccc3CN3CCCCC3)n2)cc1. The molecule has 0 atom stereocenters. The predicted molar refractivity (Wildman–Crippen MR) is 122 cm³/mol. The summed E-state index contributed by atoms with van der Waals surface area (Å²) in [7, 11) is 1.62. The number of aryl methyl sites for hydroxylation is 1. The van der Waals surface area contributed by atoms with Gasteiger partial charge in [-0.1, -0.05) is 35.8 Å². The summed E-state index contributed by atoms with van der Waals surface area (Å²) in [5.41, 5.74) is 3.30. The lowest BCUT2D eigenvalue weighted by atomic mass is 10.0. The first-order chi connectivity index (χ1) is 15.7. The van der Waals surface area contributed by atoms with E-state index in [0.717, 1.165) is 30.9 Å². The molecule has 7 nitrogen and oxygen atoms in total. The summed E-state index contributed by atoms with van der Waals surface area (Å²) in [5, 5.41) is 7.05. The maximum Gasteiger partial charge on any atom is 0.227 e. The van der Waals surface area contributed by atoms with Gasteiger partial charge in [-0.05, 0) is 61.3 Å². The molecule has 0 aliphatic carbocycles. The summed E-state index contributed by atoms with van der Waals surface area (Å²) < 4.78 is 10.5. The van der Waals surface area contributed by atoms with Gasteiger partial charge in [-0.15, -0.1) is 0 Å². The number of carbonyl (C=O) groups is 1. The van der Waals surface area contributed by atoms with Gasteiger partial charge in [0.15, 0.2) is 0 Å². The summed E-state index contributed by atoms with van der Waals surface area (Å²) in [4.78, 5) is 19.3. The molecule has 0 saturated carbocycles. The second-order valence-electron chi connectivity index (χ2n) is 8.12. The number of hydrogen-bond acceptors (Lipinski definition) is 6. The Kier molecular flexibility index (Phi) is 7.51. The van der Waals surface area contributed by atoms with Gasteiger partial charge in [0, 0.05) is 31.5 Å². The monoisotopic (exact) mass is 434 g/mol. The Morgan fingerprint density at radius 2 is 1.81 bits per heavy atom. The summed E-state index contributed by atoms with van der Waals surface area (Å²) in [6.45, 7) is 3.79. The van der Waals surface area contributed by atoms with Crippen LogP contribution < -0.4 is 10.1 Å². The van der Waals surface area contributed by atoms with E-state index < -0.39 is 0 Å². The van der Waals surface area contributed by atoms with Gasteiger partial charge < -0.3 is 14.6 Å². The smallest absolute Gasteiger partial charge is 0.227 e. The Bertz CT molecular complexity index is 1010. The minimum atomic E-state index is -0.0260. The third-order valence-electron chi connectivity index (χ3n) is 5.82. The molecule has 1 amide bonds. The zero-order valence-corrected chi connectivity index (χ0v) is 18.5. The molecule has 0 radical (unpaired) electrons. The lowest BCUT2D eigenvalue weighted by molar-refractivity contribution is -0.121. The quantitative estimate of drug-likeness (QED) is 0.549. The molecule has 1 N–H and O–H groups in total. The summed E-state index contributed by atoms with van der Waals surface area (Å²) in [6.07, 6.45) is 4.59. The molecular weight excluding hydrogens is 404 g/mol. The molecule has 1 aromatic heterocycles. The molecule has 1 aliphatic heterocycles. The number of methoxy groups -OCH3 is 1. The van der Waals surface area contributed by atoms with Crippen LogP contribution in [0.1, 0.15) is 42.7 Å². The Morgan fingerprint density at radius 3 is 2.56 bits per heavy atom. The number of benzene rings is 2. The molecule has 7 heteroatoms. The summed E-state index contributed by atoms with van der Waals surface area (Å²) in [6, 6.07) is 15.8. The van der Waals surface area contributed by atoms with Crippen molar-refractivity contribution in [2.45, 2.75) is 45.2 Å². The molecule has 1 fully saturated rings. The maximum atomic E-state index is 12.4. The third kappa shape index (κ3) is 5.95. The van der Waals surface area contributed by atoms with Crippen LogP contribution in [0.2, 0.25) is 0 Å².